The predicted octanol–water partition coefficient (Wildman–Crippen LogP) is 5.64. The first-order chi connectivity index (χ1) is 16.8. The van der Waals surface area contributed by atoms with Crippen molar-refractivity contribution < 1.29 is 4.74 Å². The van der Waals surface area contributed by atoms with E-state index in [9.17, 15) is 0 Å². The molecule has 1 N–H and O–H groups in total. The highest BCUT2D eigenvalue weighted by molar-refractivity contribution is 5.82. The minimum atomic E-state index is 0.418. The van der Waals surface area contributed by atoms with Crippen LogP contribution in [0.25, 0.3) is 27.6 Å². The minimum absolute atomic E-state index is 0.418. The second-order valence-electron chi connectivity index (χ2n) is 8.84. The molecule has 0 bridgehead atoms. The van der Waals surface area contributed by atoms with Gasteiger partial charge in [-0.1, -0.05) is 12.8 Å². The van der Waals surface area contributed by atoms with Crippen molar-refractivity contribution in [2.45, 2.75) is 38.2 Å². The van der Waals surface area contributed by atoms with E-state index in [1.165, 1.54) is 31.2 Å². The molecule has 1 aliphatic carbocycles. The summed E-state index contributed by atoms with van der Waals surface area (Å²) in [7, 11) is 1.87. The van der Waals surface area contributed by atoms with E-state index in [4.69, 9.17) is 4.74 Å². The Kier molecular flexibility index (Phi) is 5.30. The SMILES string of the molecule is CNc1ccc2ccc(OCc3cncc(-n4cc(C5CCCC5)c5cncnc54)c3)cc2n1. The summed E-state index contributed by atoms with van der Waals surface area (Å²) in [6, 6.07) is 12.1. The predicted molar refractivity (Wildman–Crippen MR) is 133 cm³/mol. The van der Waals surface area contributed by atoms with E-state index in [0.717, 1.165) is 44.8 Å². The Labute approximate surface area is 197 Å². The van der Waals surface area contributed by atoms with Gasteiger partial charge in [-0.05, 0) is 54.7 Å². The lowest BCUT2D eigenvalue weighted by Gasteiger charge is -2.10. The number of pyridine rings is 2. The summed E-state index contributed by atoms with van der Waals surface area (Å²) in [5.41, 5.74) is 5.15. The van der Waals surface area contributed by atoms with Crippen LogP contribution in [0.5, 0.6) is 5.75 Å². The molecule has 0 unspecified atom stereocenters. The molecule has 34 heavy (non-hydrogen) atoms. The maximum atomic E-state index is 6.10. The summed E-state index contributed by atoms with van der Waals surface area (Å²) in [6.45, 7) is 0.418. The van der Waals surface area contributed by atoms with E-state index < -0.39 is 0 Å². The Hall–Kier alpha value is -4.00. The number of nitrogens with zero attached hydrogens (tertiary/aromatic N) is 5. The molecule has 0 atom stereocenters. The number of nitrogens with one attached hydrogen (secondary N) is 1. The van der Waals surface area contributed by atoms with Crippen molar-refractivity contribution in [3.8, 4) is 11.4 Å². The van der Waals surface area contributed by atoms with Crippen LogP contribution in [0.15, 0.2) is 67.5 Å². The van der Waals surface area contributed by atoms with Gasteiger partial charge in [-0.15, -0.1) is 0 Å². The highest BCUT2D eigenvalue weighted by atomic mass is 16.5. The number of anilines is 1. The molecule has 4 heterocycles. The van der Waals surface area contributed by atoms with Crippen LogP contribution in [0.2, 0.25) is 0 Å². The summed E-state index contributed by atoms with van der Waals surface area (Å²) < 4.78 is 8.24. The highest BCUT2D eigenvalue weighted by Gasteiger charge is 2.22. The molecule has 0 aliphatic heterocycles. The van der Waals surface area contributed by atoms with Gasteiger partial charge in [0.1, 0.15) is 30.1 Å². The smallest absolute Gasteiger partial charge is 0.148 e. The average molecular weight is 451 g/mol. The molecule has 5 aromatic rings. The molecule has 0 radical (unpaired) electrons. The number of ether oxygens (including phenoxy) is 1. The van der Waals surface area contributed by atoms with Crippen LogP contribution in [-0.2, 0) is 6.61 Å². The molecule has 170 valence electrons. The van der Waals surface area contributed by atoms with Crippen molar-refractivity contribution in [3.63, 3.8) is 0 Å². The molecule has 1 aliphatic rings. The van der Waals surface area contributed by atoms with Crippen LogP contribution in [-0.4, -0.2) is 31.6 Å². The van der Waals surface area contributed by atoms with Crippen LogP contribution in [0.3, 0.4) is 0 Å². The lowest BCUT2D eigenvalue weighted by atomic mass is 9.99. The van der Waals surface area contributed by atoms with Crippen LogP contribution in [0.1, 0.15) is 42.7 Å². The van der Waals surface area contributed by atoms with Gasteiger partial charge in [-0.25, -0.2) is 15.0 Å². The zero-order valence-electron chi connectivity index (χ0n) is 19.1. The van der Waals surface area contributed by atoms with Crippen molar-refractivity contribution in [3.05, 3.63) is 78.6 Å². The first-order valence-electron chi connectivity index (χ1n) is 11.7. The quantitative estimate of drug-likeness (QED) is 0.361. The molecule has 0 amide bonds. The van der Waals surface area contributed by atoms with E-state index in [-0.39, 0.29) is 0 Å². The summed E-state index contributed by atoms with van der Waals surface area (Å²) in [6.07, 6.45) is 14.6. The first kappa shape index (κ1) is 20.6. The molecule has 0 spiro atoms. The van der Waals surface area contributed by atoms with E-state index in [1.807, 2.05) is 49.9 Å². The third kappa shape index (κ3) is 3.83. The fourth-order valence-corrected chi connectivity index (χ4v) is 4.92. The van der Waals surface area contributed by atoms with E-state index >= 15 is 0 Å². The monoisotopic (exact) mass is 450 g/mol. The third-order valence-electron chi connectivity index (χ3n) is 6.68. The first-order valence-corrected chi connectivity index (χ1v) is 11.7. The van der Waals surface area contributed by atoms with E-state index in [2.05, 4.69) is 48.1 Å². The Morgan fingerprint density at radius 1 is 1.03 bits per heavy atom. The molecule has 1 fully saturated rings. The number of benzene rings is 1. The van der Waals surface area contributed by atoms with Crippen molar-refractivity contribution in [2.24, 2.45) is 0 Å². The molecular weight excluding hydrogens is 424 g/mol. The van der Waals surface area contributed by atoms with Crippen molar-refractivity contribution >= 4 is 27.8 Å². The lowest BCUT2D eigenvalue weighted by molar-refractivity contribution is 0.306. The standard InChI is InChI=1S/C27H26N6O/c1-28-26-9-7-20-6-8-22(11-25(20)32-26)34-16-18-10-21(13-29-12-18)33-15-24(19-4-2-3-5-19)23-14-30-17-31-27(23)33/h6-15,17,19H,2-5,16H2,1H3,(H,28,32). The normalized spacial score (nSPS) is 14.1. The zero-order chi connectivity index (χ0) is 22.9. The number of rotatable bonds is 6. The third-order valence-corrected chi connectivity index (χ3v) is 6.68. The van der Waals surface area contributed by atoms with E-state index in [1.54, 1.807) is 6.33 Å². The van der Waals surface area contributed by atoms with Gasteiger partial charge in [-0.3, -0.25) is 9.55 Å². The van der Waals surface area contributed by atoms with Crippen molar-refractivity contribution in [1.82, 2.24) is 24.5 Å². The molecule has 7 heteroatoms. The largest absolute Gasteiger partial charge is 0.489 e. The highest BCUT2D eigenvalue weighted by Crippen LogP contribution is 2.38. The van der Waals surface area contributed by atoms with Gasteiger partial charge in [0.2, 0.25) is 0 Å². The molecular formula is C27H26N6O. The number of hydrogen-bond acceptors (Lipinski definition) is 6. The van der Waals surface area contributed by atoms with Gasteiger partial charge in [-0.2, -0.15) is 0 Å². The van der Waals surface area contributed by atoms with Crippen LogP contribution in [0.4, 0.5) is 5.82 Å². The maximum Gasteiger partial charge on any atom is 0.148 e. The lowest BCUT2D eigenvalue weighted by Crippen LogP contribution is -2.00. The van der Waals surface area contributed by atoms with Gasteiger partial charge >= 0.3 is 0 Å². The molecule has 0 saturated heterocycles. The Morgan fingerprint density at radius 3 is 2.79 bits per heavy atom. The van der Waals surface area contributed by atoms with Gasteiger partial charge in [0.25, 0.3) is 0 Å². The molecule has 1 saturated carbocycles. The van der Waals surface area contributed by atoms with Gasteiger partial charge in [0.15, 0.2) is 0 Å². The molecule has 7 nitrogen and oxygen atoms in total. The van der Waals surface area contributed by atoms with Gasteiger partial charge in [0, 0.05) is 48.0 Å². The molecule has 6 rings (SSSR count). The second kappa shape index (κ2) is 8.74. The summed E-state index contributed by atoms with van der Waals surface area (Å²) in [4.78, 5) is 18.0. The summed E-state index contributed by atoms with van der Waals surface area (Å²) in [5.74, 6) is 2.20. The zero-order valence-corrected chi connectivity index (χ0v) is 19.1. The topological polar surface area (TPSA) is 77.8 Å². The fraction of sp³-hybridized carbons (Fsp3) is 0.259. The van der Waals surface area contributed by atoms with Crippen molar-refractivity contribution in [2.75, 3.05) is 12.4 Å². The van der Waals surface area contributed by atoms with Crippen LogP contribution in [0, 0.1) is 0 Å². The summed E-state index contributed by atoms with van der Waals surface area (Å²) >= 11 is 0. The summed E-state index contributed by atoms with van der Waals surface area (Å²) in [5, 5.41) is 5.30. The second-order valence-corrected chi connectivity index (χ2v) is 8.84. The van der Waals surface area contributed by atoms with Crippen molar-refractivity contribution in [1.29, 1.82) is 0 Å². The maximum absolute atomic E-state index is 6.10. The number of fused-ring (bicyclic) bond motifs is 2. The Morgan fingerprint density at radius 2 is 1.91 bits per heavy atom. The number of hydrogen-bond donors (Lipinski definition) is 1. The Balaban J connectivity index is 1.28. The Bertz CT molecular complexity index is 1470. The van der Waals surface area contributed by atoms with Crippen LogP contribution >= 0.6 is 0 Å². The van der Waals surface area contributed by atoms with E-state index in [0.29, 0.717) is 12.5 Å². The molecule has 1 aromatic carbocycles. The van der Waals surface area contributed by atoms with Gasteiger partial charge < -0.3 is 10.1 Å². The average Bonchev–Trinajstić information content (AvgIpc) is 3.55. The van der Waals surface area contributed by atoms with Crippen LogP contribution < -0.4 is 10.1 Å². The van der Waals surface area contributed by atoms with Gasteiger partial charge in [0.05, 0.1) is 17.4 Å². The molecule has 4 aromatic heterocycles. The number of aromatic nitrogens is 5. The minimum Gasteiger partial charge on any atom is -0.489 e. The fourth-order valence-electron chi connectivity index (χ4n) is 4.92.